The molecule has 0 unspecified atom stereocenters. The first-order valence-corrected chi connectivity index (χ1v) is 10.0. The average Bonchev–Trinajstić information content (AvgIpc) is 3.37. The van der Waals surface area contributed by atoms with Crippen LogP contribution < -0.4 is 5.73 Å². The molecule has 6 nitrogen and oxygen atoms in total. The van der Waals surface area contributed by atoms with Crippen LogP contribution in [0, 0.1) is 0 Å². The first kappa shape index (κ1) is 19.3. The Morgan fingerprint density at radius 1 is 1.22 bits per heavy atom. The highest BCUT2D eigenvalue weighted by Gasteiger charge is 2.14. The lowest BCUT2D eigenvalue weighted by Crippen LogP contribution is -2.28. The first-order valence-electron chi connectivity index (χ1n) is 9.17. The number of benzene rings is 1. The normalized spacial score (nSPS) is 10.9. The van der Waals surface area contributed by atoms with Crippen LogP contribution in [0.15, 0.2) is 41.8 Å². The molecule has 3 N–H and O–H groups in total. The number of unbranched alkanes of at least 4 members (excludes halogenated alkanes) is 2. The van der Waals surface area contributed by atoms with Gasteiger partial charge in [-0.25, -0.2) is 4.98 Å². The molecule has 0 aliphatic rings. The van der Waals surface area contributed by atoms with Gasteiger partial charge in [-0.1, -0.05) is 36.8 Å². The molecular weight excluding hydrogens is 358 g/mol. The summed E-state index contributed by atoms with van der Waals surface area (Å²) in [7, 11) is 1.82. The topological polar surface area (TPSA) is 87.9 Å². The lowest BCUT2D eigenvalue weighted by atomic mass is 10.1. The van der Waals surface area contributed by atoms with Gasteiger partial charge >= 0.3 is 0 Å². The maximum Gasteiger partial charge on any atom is 0.273 e. The number of rotatable bonds is 9. The number of hydrogen-bond donors (Lipinski definition) is 2. The zero-order valence-corrected chi connectivity index (χ0v) is 16.3. The van der Waals surface area contributed by atoms with Crippen molar-refractivity contribution >= 4 is 17.2 Å². The fourth-order valence-corrected chi connectivity index (χ4v) is 3.54. The fraction of sp³-hybridized carbons (Fsp3) is 0.350. The van der Waals surface area contributed by atoms with Crippen molar-refractivity contribution in [1.82, 2.24) is 20.1 Å². The third-order valence-corrected chi connectivity index (χ3v) is 5.30. The van der Waals surface area contributed by atoms with Crippen molar-refractivity contribution in [3.05, 3.63) is 58.2 Å². The van der Waals surface area contributed by atoms with Crippen LogP contribution in [-0.4, -0.2) is 39.6 Å². The molecule has 7 heteroatoms. The second-order valence-corrected chi connectivity index (χ2v) is 7.46. The van der Waals surface area contributed by atoms with Crippen LogP contribution in [0.25, 0.3) is 11.3 Å². The van der Waals surface area contributed by atoms with Crippen molar-refractivity contribution in [2.24, 2.45) is 5.73 Å². The summed E-state index contributed by atoms with van der Waals surface area (Å²) in [5.41, 5.74) is 9.30. The summed E-state index contributed by atoms with van der Waals surface area (Å²) in [6.07, 6.45) is 4.05. The predicted octanol–water partition coefficient (Wildman–Crippen LogP) is 3.48. The Kier molecular flexibility index (Phi) is 6.73. The van der Waals surface area contributed by atoms with Crippen molar-refractivity contribution in [3.8, 4) is 11.3 Å². The summed E-state index contributed by atoms with van der Waals surface area (Å²) >= 11 is 1.43. The summed E-state index contributed by atoms with van der Waals surface area (Å²) in [5, 5.41) is 10.1. The molecule has 3 aromatic rings. The number of thiazole rings is 1. The molecule has 2 aromatic heterocycles. The number of hydrogen-bond acceptors (Lipinski definition) is 5. The van der Waals surface area contributed by atoms with Gasteiger partial charge in [-0.2, -0.15) is 5.10 Å². The van der Waals surface area contributed by atoms with Crippen LogP contribution in [0.5, 0.6) is 0 Å². The molecule has 27 heavy (non-hydrogen) atoms. The fourth-order valence-electron chi connectivity index (χ4n) is 2.89. The summed E-state index contributed by atoms with van der Waals surface area (Å²) in [6, 6.07) is 12.3. The van der Waals surface area contributed by atoms with Crippen molar-refractivity contribution in [2.75, 3.05) is 13.6 Å². The maximum atomic E-state index is 12.3. The summed E-state index contributed by atoms with van der Waals surface area (Å²) in [4.78, 5) is 18.3. The molecule has 0 saturated heterocycles. The van der Waals surface area contributed by atoms with Crippen LogP contribution in [0.1, 0.15) is 40.5 Å². The molecule has 1 amide bonds. The number of carbonyl (C=O) groups excluding carboxylic acids is 1. The molecule has 0 fully saturated rings. The second-order valence-electron chi connectivity index (χ2n) is 6.51. The summed E-state index contributed by atoms with van der Waals surface area (Å²) in [5.74, 6) is -0.0352. The second kappa shape index (κ2) is 9.43. The Labute approximate surface area is 163 Å². The molecule has 0 atom stereocenters. The minimum atomic E-state index is -0.0352. The van der Waals surface area contributed by atoms with Gasteiger partial charge in [0.25, 0.3) is 5.91 Å². The van der Waals surface area contributed by atoms with Crippen molar-refractivity contribution in [1.29, 1.82) is 0 Å². The Hall–Kier alpha value is -2.51. The van der Waals surface area contributed by atoms with Gasteiger partial charge in [-0.15, -0.1) is 11.3 Å². The van der Waals surface area contributed by atoms with Gasteiger partial charge in [-0.3, -0.25) is 9.89 Å². The molecule has 1 aromatic carbocycles. The van der Waals surface area contributed by atoms with E-state index in [1.807, 2.05) is 25.2 Å². The van der Waals surface area contributed by atoms with E-state index in [1.165, 1.54) is 11.3 Å². The molecule has 2 heterocycles. The van der Waals surface area contributed by atoms with Gasteiger partial charge < -0.3 is 10.6 Å². The zero-order valence-electron chi connectivity index (χ0n) is 15.5. The summed E-state index contributed by atoms with van der Waals surface area (Å²) < 4.78 is 0. The summed E-state index contributed by atoms with van der Waals surface area (Å²) in [6.45, 7) is 1.10. The lowest BCUT2D eigenvalue weighted by molar-refractivity contribution is 0.0787. The largest absolute Gasteiger partial charge is 0.340 e. The predicted molar refractivity (Wildman–Crippen MR) is 109 cm³/mol. The SMILES string of the molecule is CN(CCCCCc1cc(-c2ccccc2)n[nH]1)C(=O)c1csc(CN)n1. The van der Waals surface area contributed by atoms with E-state index in [-0.39, 0.29) is 5.91 Å². The lowest BCUT2D eigenvalue weighted by Gasteiger charge is -2.15. The average molecular weight is 384 g/mol. The highest BCUT2D eigenvalue weighted by Crippen LogP contribution is 2.18. The molecule has 142 valence electrons. The highest BCUT2D eigenvalue weighted by molar-refractivity contribution is 7.09. The van der Waals surface area contributed by atoms with E-state index in [0.717, 1.165) is 54.2 Å². The number of aryl methyl sites for hydroxylation is 1. The van der Waals surface area contributed by atoms with E-state index in [0.29, 0.717) is 12.2 Å². The number of amides is 1. The Morgan fingerprint density at radius 3 is 2.78 bits per heavy atom. The van der Waals surface area contributed by atoms with Gasteiger partial charge in [-0.05, 0) is 25.3 Å². The van der Waals surface area contributed by atoms with E-state index in [1.54, 1.807) is 10.3 Å². The van der Waals surface area contributed by atoms with E-state index >= 15 is 0 Å². The van der Waals surface area contributed by atoms with E-state index in [2.05, 4.69) is 33.4 Å². The molecular formula is C20H25N5OS. The van der Waals surface area contributed by atoms with Crippen molar-refractivity contribution < 1.29 is 4.79 Å². The molecule has 0 radical (unpaired) electrons. The number of H-pyrrole nitrogens is 1. The molecule has 0 aliphatic carbocycles. The zero-order chi connectivity index (χ0) is 19.1. The molecule has 3 rings (SSSR count). The Bertz CT molecular complexity index is 858. The third-order valence-electron chi connectivity index (χ3n) is 4.43. The minimum absolute atomic E-state index is 0.0352. The third kappa shape index (κ3) is 5.24. The maximum absolute atomic E-state index is 12.3. The standard InChI is InChI=1S/C20H25N5OS/c1-25(20(26)18-14-27-19(13-21)22-18)11-7-3-6-10-16-12-17(24-23-16)15-8-4-2-5-9-15/h2,4-5,8-9,12,14H,3,6-7,10-11,13,21H2,1H3,(H,23,24). The number of nitrogens with two attached hydrogens (primary N) is 1. The van der Waals surface area contributed by atoms with Crippen LogP contribution in [0.4, 0.5) is 0 Å². The first-order chi connectivity index (χ1) is 13.2. The monoisotopic (exact) mass is 383 g/mol. The smallest absolute Gasteiger partial charge is 0.273 e. The minimum Gasteiger partial charge on any atom is -0.340 e. The number of aromatic amines is 1. The number of nitrogens with one attached hydrogen (secondary N) is 1. The van der Waals surface area contributed by atoms with Crippen LogP contribution in [0.3, 0.4) is 0 Å². The Balaban J connectivity index is 1.38. The van der Waals surface area contributed by atoms with Gasteiger partial charge in [0, 0.05) is 36.8 Å². The van der Waals surface area contributed by atoms with Crippen molar-refractivity contribution in [2.45, 2.75) is 32.2 Å². The van der Waals surface area contributed by atoms with Crippen LogP contribution in [0.2, 0.25) is 0 Å². The van der Waals surface area contributed by atoms with E-state index < -0.39 is 0 Å². The van der Waals surface area contributed by atoms with Gasteiger partial charge in [0.15, 0.2) is 0 Å². The number of carbonyl (C=O) groups is 1. The molecule has 0 aliphatic heterocycles. The van der Waals surface area contributed by atoms with Gasteiger partial charge in [0.1, 0.15) is 10.7 Å². The molecule has 0 spiro atoms. The number of aromatic nitrogens is 3. The highest BCUT2D eigenvalue weighted by atomic mass is 32.1. The quantitative estimate of drug-likeness (QED) is 0.554. The van der Waals surface area contributed by atoms with Crippen LogP contribution >= 0.6 is 11.3 Å². The molecule has 0 saturated carbocycles. The Morgan fingerprint density at radius 2 is 2.04 bits per heavy atom. The van der Waals surface area contributed by atoms with Crippen LogP contribution in [-0.2, 0) is 13.0 Å². The molecule has 0 bridgehead atoms. The van der Waals surface area contributed by atoms with Crippen molar-refractivity contribution in [3.63, 3.8) is 0 Å². The van der Waals surface area contributed by atoms with E-state index in [9.17, 15) is 4.79 Å². The van der Waals surface area contributed by atoms with Gasteiger partial charge in [0.2, 0.25) is 0 Å². The van der Waals surface area contributed by atoms with E-state index in [4.69, 9.17) is 5.73 Å². The van der Waals surface area contributed by atoms with Gasteiger partial charge in [0.05, 0.1) is 5.69 Å². The number of nitrogens with zero attached hydrogens (tertiary/aromatic N) is 3.